The Balaban J connectivity index is 1.93. The highest BCUT2D eigenvalue weighted by atomic mass is 35.5. The van der Waals surface area contributed by atoms with Crippen molar-refractivity contribution in [1.82, 2.24) is 4.98 Å². The van der Waals surface area contributed by atoms with Crippen molar-refractivity contribution in [1.29, 1.82) is 0 Å². The first-order valence-corrected chi connectivity index (χ1v) is 9.56. The molecule has 2 aromatic carbocycles. The molecular formula is C21H16Cl2FN3O2. The van der Waals surface area contributed by atoms with Gasteiger partial charge in [-0.15, -0.1) is 0 Å². The molecule has 4 rings (SSSR count). The van der Waals surface area contributed by atoms with Gasteiger partial charge in [-0.05, 0) is 55.8 Å². The molecule has 1 N–H and O–H groups in total. The van der Waals surface area contributed by atoms with Gasteiger partial charge in [0.2, 0.25) is 5.56 Å². The highest BCUT2D eigenvalue weighted by Gasteiger charge is 2.33. The maximum atomic E-state index is 13.7. The molecule has 0 aliphatic carbocycles. The van der Waals surface area contributed by atoms with Crippen LogP contribution in [0.25, 0.3) is 0 Å². The maximum absolute atomic E-state index is 13.7. The van der Waals surface area contributed by atoms with Crippen molar-refractivity contribution in [3.63, 3.8) is 0 Å². The Morgan fingerprint density at radius 1 is 0.966 bits per heavy atom. The number of aromatic amines is 1. The summed E-state index contributed by atoms with van der Waals surface area (Å²) in [6.45, 7) is 3.61. The number of nitrogens with one attached hydrogen (secondary N) is 1. The number of anilines is 3. The number of nitrogens with zero attached hydrogens (tertiary/aromatic N) is 2. The number of hydrogen-bond acceptors (Lipinski definition) is 3. The number of fused-ring (bicyclic) bond motifs is 1. The molecular weight excluding hydrogens is 416 g/mol. The fourth-order valence-corrected chi connectivity index (χ4v) is 4.13. The zero-order chi connectivity index (χ0) is 20.9. The summed E-state index contributed by atoms with van der Waals surface area (Å²) in [4.78, 5) is 31.1. The minimum atomic E-state index is -0.351. The fraction of sp³-hybridized carbons (Fsp3) is 0.143. The lowest BCUT2D eigenvalue weighted by Crippen LogP contribution is -2.46. The zero-order valence-corrected chi connectivity index (χ0v) is 17.1. The van der Waals surface area contributed by atoms with E-state index in [1.165, 1.54) is 23.1 Å². The normalized spacial score (nSPS) is 13.6. The van der Waals surface area contributed by atoms with E-state index >= 15 is 0 Å². The van der Waals surface area contributed by atoms with Crippen LogP contribution < -0.4 is 15.4 Å². The molecule has 0 fully saturated rings. The fourth-order valence-electron chi connectivity index (χ4n) is 3.62. The summed E-state index contributed by atoms with van der Waals surface area (Å²) in [5.74, 6) is -0.636. The standard InChI is InChI=1S/C21H16Cl2FN3O2/c1-11-7-14(24)4-6-17(11)26-10-27(20-12(2)25-19(28)9-16(20)23)21(29)15-8-13(22)3-5-18(15)26/h3-9H,10H2,1-2H3,(H,25,28). The average molecular weight is 432 g/mol. The first kappa shape index (κ1) is 19.5. The number of amides is 1. The molecule has 0 spiro atoms. The van der Waals surface area contributed by atoms with Crippen molar-refractivity contribution in [3.8, 4) is 0 Å². The van der Waals surface area contributed by atoms with E-state index in [1.807, 2.05) is 4.90 Å². The number of aryl methyl sites for hydroxylation is 2. The highest BCUT2D eigenvalue weighted by molar-refractivity contribution is 6.34. The lowest BCUT2D eigenvalue weighted by Gasteiger charge is -2.39. The number of hydrogen-bond donors (Lipinski definition) is 1. The molecule has 1 aromatic heterocycles. The predicted molar refractivity (Wildman–Crippen MR) is 113 cm³/mol. The first-order chi connectivity index (χ1) is 13.8. The molecule has 0 saturated heterocycles. The summed E-state index contributed by atoms with van der Waals surface area (Å²) in [6, 6.07) is 10.8. The van der Waals surface area contributed by atoms with Gasteiger partial charge in [-0.25, -0.2) is 4.39 Å². The Morgan fingerprint density at radius 2 is 1.69 bits per heavy atom. The van der Waals surface area contributed by atoms with Gasteiger partial charge in [0, 0.05) is 22.5 Å². The van der Waals surface area contributed by atoms with E-state index in [2.05, 4.69) is 4.98 Å². The molecule has 1 amide bonds. The van der Waals surface area contributed by atoms with Crippen LogP contribution in [0.15, 0.2) is 47.3 Å². The number of rotatable bonds is 2. The predicted octanol–water partition coefficient (Wildman–Crippen LogP) is 5.19. The Bertz CT molecular complexity index is 1180. The van der Waals surface area contributed by atoms with Gasteiger partial charge in [0.05, 0.1) is 22.0 Å². The monoisotopic (exact) mass is 431 g/mol. The molecule has 1 aliphatic heterocycles. The van der Waals surface area contributed by atoms with Crippen LogP contribution in [0.1, 0.15) is 21.6 Å². The third-order valence-electron chi connectivity index (χ3n) is 4.88. The van der Waals surface area contributed by atoms with Crippen LogP contribution in [0.4, 0.5) is 21.5 Å². The number of aromatic nitrogens is 1. The zero-order valence-electron chi connectivity index (χ0n) is 15.6. The number of halogens is 3. The topological polar surface area (TPSA) is 56.4 Å². The van der Waals surface area contributed by atoms with Crippen LogP contribution >= 0.6 is 23.2 Å². The lowest BCUT2D eigenvalue weighted by molar-refractivity contribution is 0.0983. The van der Waals surface area contributed by atoms with Crippen LogP contribution in [0.3, 0.4) is 0 Å². The van der Waals surface area contributed by atoms with Gasteiger partial charge in [0.1, 0.15) is 12.5 Å². The minimum absolute atomic E-state index is 0.131. The van der Waals surface area contributed by atoms with Crippen molar-refractivity contribution < 1.29 is 9.18 Å². The van der Waals surface area contributed by atoms with Crippen LogP contribution in [-0.2, 0) is 0 Å². The molecule has 0 atom stereocenters. The van der Waals surface area contributed by atoms with E-state index in [9.17, 15) is 14.0 Å². The van der Waals surface area contributed by atoms with E-state index in [1.54, 1.807) is 38.1 Å². The quantitative estimate of drug-likeness (QED) is 0.606. The van der Waals surface area contributed by atoms with Crippen molar-refractivity contribution in [3.05, 3.63) is 85.5 Å². The second-order valence-electron chi connectivity index (χ2n) is 6.85. The van der Waals surface area contributed by atoms with Crippen molar-refractivity contribution >= 4 is 46.2 Å². The molecule has 0 bridgehead atoms. The van der Waals surface area contributed by atoms with Gasteiger partial charge in [-0.2, -0.15) is 0 Å². The summed E-state index contributed by atoms with van der Waals surface area (Å²) in [7, 11) is 0. The van der Waals surface area contributed by atoms with Gasteiger partial charge in [-0.1, -0.05) is 23.2 Å². The highest BCUT2D eigenvalue weighted by Crippen LogP contribution is 2.40. The van der Waals surface area contributed by atoms with Crippen LogP contribution in [-0.4, -0.2) is 17.6 Å². The molecule has 29 heavy (non-hydrogen) atoms. The van der Waals surface area contributed by atoms with Crippen molar-refractivity contribution in [2.75, 3.05) is 16.5 Å². The molecule has 3 aromatic rings. The summed E-state index contributed by atoms with van der Waals surface area (Å²) in [6.07, 6.45) is 0. The smallest absolute Gasteiger partial charge is 0.262 e. The Kier molecular flexibility index (Phi) is 4.84. The third kappa shape index (κ3) is 3.39. The van der Waals surface area contributed by atoms with Crippen LogP contribution in [0.2, 0.25) is 10.0 Å². The Labute approximate surface area is 176 Å². The van der Waals surface area contributed by atoms with Gasteiger partial charge in [0.15, 0.2) is 0 Å². The van der Waals surface area contributed by atoms with Crippen molar-refractivity contribution in [2.45, 2.75) is 13.8 Å². The van der Waals surface area contributed by atoms with E-state index in [0.29, 0.717) is 33.2 Å². The molecule has 0 unspecified atom stereocenters. The van der Waals surface area contributed by atoms with E-state index in [4.69, 9.17) is 23.2 Å². The number of carbonyl (C=O) groups excluding carboxylic acids is 1. The van der Waals surface area contributed by atoms with Crippen molar-refractivity contribution in [2.24, 2.45) is 0 Å². The summed E-state index contributed by atoms with van der Waals surface area (Å²) < 4.78 is 13.7. The van der Waals surface area contributed by atoms with Crippen LogP contribution in [0, 0.1) is 19.7 Å². The van der Waals surface area contributed by atoms with Gasteiger partial charge in [0.25, 0.3) is 5.91 Å². The summed E-state index contributed by atoms with van der Waals surface area (Å²) in [5.41, 5.74) is 3.02. The maximum Gasteiger partial charge on any atom is 0.262 e. The number of H-pyrrole nitrogens is 1. The lowest BCUT2D eigenvalue weighted by atomic mass is 10.0. The SMILES string of the molecule is Cc1cc(F)ccc1N1CN(c2c(Cl)cc(=O)[nH]c2C)C(=O)c2cc(Cl)ccc21. The van der Waals surface area contributed by atoms with Gasteiger partial charge < -0.3 is 9.88 Å². The number of pyridine rings is 1. The summed E-state index contributed by atoms with van der Waals surface area (Å²) in [5, 5.41) is 0.583. The van der Waals surface area contributed by atoms with Gasteiger partial charge >= 0.3 is 0 Å². The number of carbonyl (C=O) groups is 1. The number of benzene rings is 2. The molecule has 5 nitrogen and oxygen atoms in total. The Hall–Kier alpha value is -2.83. The van der Waals surface area contributed by atoms with E-state index in [-0.39, 0.29) is 29.0 Å². The minimum Gasteiger partial charge on any atom is -0.324 e. The molecule has 148 valence electrons. The van der Waals surface area contributed by atoms with E-state index < -0.39 is 0 Å². The molecule has 0 saturated carbocycles. The molecule has 8 heteroatoms. The molecule has 0 radical (unpaired) electrons. The molecule has 2 heterocycles. The third-order valence-corrected chi connectivity index (χ3v) is 5.40. The average Bonchev–Trinajstić information content (AvgIpc) is 2.63. The first-order valence-electron chi connectivity index (χ1n) is 8.81. The second-order valence-corrected chi connectivity index (χ2v) is 7.69. The van der Waals surface area contributed by atoms with Gasteiger partial charge in [-0.3, -0.25) is 14.5 Å². The summed E-state index contributed by atoms with van der Waals surface area (Å²) >= 11 is 12.5. The molecule has 1 aliphatic rings. The Morgan fingerprint density at radius 3 is 2.38 bits per heavy atom. The van der Waals surface area contributed by atoms with E-state index in [0.717, 1.165) is 5.69 Å². The largest absolute Gasteiger partial charge is 0.324 e. The second kappa shape index (κ2) is 7.21. The van der Waals surface area contributed by atoms with Crippen LogP contribution in [0.5, 0.6) is 0 Å².